The first-order chi connectivity index (χ1) is 10.1. The van der Waals surface area contributed by atoms with Crippen LogP contribution in [0.25, 0.3) is 11.3 Å². The van der Waals surface area contributed by atoms with Crippen molar-refractivity contribution in [2.45, 2.75) is 18.8 Å². The molecule has 21 heavy (non-hydrogen) atoms. The molecule has 1 aliphatic rings. The van der Waals surface area contributed by atoms with Crippen molar-refractivity contribution in [3.63, 3.8) is 0 Å². The van der Waals surface area contributed by atoms with Crippen LogP contribution in [0.3, 0.4) is 0 Å². The maximum absolute atomic E-state index is 10.9. The predicted octanol–water partition coefficient (Wildman–Crippen LogP) is 2.85. The third-order valence-electron chi connectivity index (χ3n) is 4.09. The van der Waals surface area contributed by atoms with Gasteiger partial charge in [-0.3, -0.25) is 0 Å². The van der Waals surface area contributed by atoms with E-state index in [1.165, 1.54) is 11.6 Å². The average Bonchev–Trinajstić information content (AvgIpc) is 2.98. The first-order valence-electron chi connectivity index (χ1n) is 7.12. The van der Waals surface area contributed by atoms with Crippen molar-refractivity contribution in [3.8, 4) is 11.3 Å². The lowest BCUT2D eigenvalue weighted by atomic mass is 9.88. The van der Waals surface area contributed by atoms with Crippen LogP contribution in [-0.2, 0) is 0 Å². The van der Waals surface area contributed by atoms with Crippen molar-refractivity contribution in [2.75, 3.05) is 20.1 Å². The third kappa shape index (κ3) is 2.97. The lowest BCUT2D eigenvalue weighted by Crippen LogP contribution is -2.29. The van der Waals surface area contributed by atoms with Crippen molar-refractivity contribution in [3.05, 3.63) is 41.7 Å². The average molecular weight is 286 g/mol. The quantitative estimate of drug-likeness (QED) is 0.939. The molecule has 2 heterocycles. The highest BCUT2D eigenvalue weighted by Gasteiger charge is 2.19. The smallest absolute Gasteiger partial charge is 0.374 e. The Morgan fingerprint density at radius 3 is 2.76 bits per heavy atom. The van der Waals surface area contributed by atoms with Crippen molar-refractivity contribution < 1.29 is 14.4 Å². The summed E-state index contributed by atoms with van der Waals surface area (Å²) in [6.45, 7) is 2.23. The highest BCUT2D eigenvalue weighted by molar-refractivity contribution is 5.85. The fraction of sp³-hybridized carbons (Fsp3) is 0.375. The zero-order valence-corrected chi connectivity index (χ0v) is 12.0. The van der Waals surface area contributed by atoms with Crippen LogP contribution in [0.2, 0.25) is 0 Å². The van der Waals surface area contributed by atoms with Crippen molar-refractivity contribution in [2.24, 2.45) is 0 Å². The Hall–Kier alpha value is -2.14. The van der Waals surface area contributed by atoms with Crippen molar-refractivity contribution in [1.29, 1.82) is 0 Å². The Balaban J connectivity index is 1.83. The molecule has 0 bridgehead atoms. The number of benzene rings is 1. The molecular formula is C16H18N2O3. The minimum Gasteiger partial charge on any atom is -0.475 e. The van der Waals surface area contributed by atoms with Gasteiger partial charge >= 0.3 is 5.97 Å². The van der Waals surface area contributed by atoms with E-state index in [0.29, 0.717) is 11.6 Å². The number of hydrogen-bond acceptors (Lipinski definition) is 4. The van der Waals surface area contributed by atoms with Gasteiger partial charge in [0.1, 0.15) is 5.69 Å². The lowest BCUT2D eigenvalue weighted by Gasteiger charge is -2.29. The SMILES string of the molecule is CN1CCC(c2cccc(-c3cc(C(=O)O)on3)c2)CC1. The number of carboxylic acids is 1. The van der Waals surface area contributed by atoms with Crippen molar-refractivity contribution in [1.82, 2.24) is 10.1 Å². The maximum Gasteiger partial charge on any atom is 0.374 e. The van der Waals surface area contributed by atoms with Gasteiger partial charge in [0, 0.05) is 11.6 Å². The fourth-order valence-corrected chi connectivity index (χ4v) is 2.81. The van der Waals surface area contributed by atoms with E-state index in [1.54, 1.807) is 0 Å². The van der Waals surface area contributed by atoms with Gasteiger partial charge in [0.25, 0.3) is 0 Å². The number of likely N-dealkylation sites (tertiary alicyclic amines) is 1. The summed E-state index contributed by atoms with van der Waals surface area (Å²) < 4.78 is 4.82. The second-order valence-electron chi connectivity index (χ2n) is 5.58. The van der Waals surface area contributed by atoms with Gasteiger partial charge in [-0.1, -0.05) is 23.4 Å². The molecule has 0 radical (unpaired) electrons. The minimum absolute atomic E-state index is 0.130. The molecule has 1 N–H and O–H groups in total. The van der Waals surface area contributed by atoms with E-state index in [9.17, 15) is 4.79 Å². The predicted molar refractivity (Wildman–Crippen MR) is 78.4 cm³/mol. The normalized spacial score (nSPS) is 17.0. The highest BCUT2D eigenvalue weighted by Crippen LogP contribution is 2.30. The van der Waals surface area contributed by atoms with E-state index in [1.807, 2.05) is 12.1 Å². The van der Waals surface area contributed by atoms with Gasteiger partial charge < -0.3 is 14.5 Å². The highest BCUT2D eigenvalue weighted by atomic mass is 16.5. The van der Waals surface area contributed by atoms with E-state index in [4.69, 9.17) is 9.63 Å². The zero-order valence-electron chi connectivity index (χ0n) is 12.0. The number of rotatable bonds is 3. The lowest BCUT2D eigenvalue weighted by molar-refractivity contribution is 0.0652. The molecule has 0 unspecified atom stereocenters. The van der Waals surface area contributed by atoms with Gasteiger partial charge in [-0.15, -0.1) is 0 Å². The summed E-state index contributed by atoms with van der Waals surface area (Å²) in [6, 6.07) is 9.63. The number of hydrogen-bond donors (Lipinski definition) is 1. The monoisotopic (exact) mass is 286 g/mol. The molecule has 1 aliphatic heterocycles. The maximum atomic E-state index is 10.9. The molecule has 2 aromatic rings. The standard InChI is InChI=1S/C16H18N2O3/c1-18-7-5-11(6-8-18)12-3-2-4-13(9-12)14-10-15(16(19)20)21-17-14/h2-4,9-11H,5-8H2,1H3,(H,19,20). The van der Waals surface area contributed by atoms with Crippen LogP contribution in [0.5, 0.6) is 0 Å². The molecule has 3 rings (SSSR count). The summed E-state index contributed by atoms with van der Waals surface area (Å²) in [5.74, 6) is -0.665. The largest absolute Gasteiger partial charge is 0.475 e. The summed E-state index contributed by atoms with van der Waals surface area (Å²) >= 11 is 0. The summed E-state index contributed by atoms with van der Waals surface area (Å²) in [5, 5.41) is 12.7. The van der Waals surface area contributed by atoms with Crippen LogP contribution < -0.4 is 0 Å². The van der Waals surface area contributed by atoms with Crippen LogP contribution in [0.15, 0.2) is 34.9 Å². The minimum atomic E-state index is -1.10. The van der Waals surface area contributed by atoms with Crippen LogP contribution >= 0.6 is 0 Å². The molecule has 1 saturated heterocycles. The van der Waals surface area contributed by atoms with Crippen LogP contribution in [0.1, 0.15) is 34.9 Å². The van der Waals surface area contributed by atoms with Crippen LogP contribution in [-0.4, -0.2) is 41.3 Å². The Bertz CT molecular complexity index is 642. The first-order valence-corrected chi connectivity index (χ1v) is 7.12. The first kappa shape index (κ1) is 13.8. The Morgan fingerprint density at radius 2 is 2.10 bits per heavy atom. The number of piperidine rings is 1. The number of nitrogens with zero attached hydrogens (tertiary/aromatic N) is 2. The Kier molecular flexibility index (Phi) is 3.75. The number of aromatic nitrogens is 1. The number of carbonyl (C=O) groups is 1. The molecular weight excluding hydrogens is 268 g/mol. The van der Waals surface area contributed by atoms with Gasteiger partial charge in [-0.05, 0) is 50.5 Å². The Labute approximate surface area is 123 Å². The molecule has 5 nitrogen and oxygen atoms in total. The van der Waals surface area contributed by atoms with Gasteiger partial charge in [0.05, 0.1) is 0 Å². The molecule has 110 valence electrons. The summed E-state index contributed by atoms with van der Waals surface area (Å²) in [4.78, 5) is 13.2. The molecule has 0 amide bonds. The molecule has 5 heteroatoms. The third-order valence-corrected chi connectivity index (χ3v) is 4.09. The second kappa shape index (κ2) is 5.69. The van der Waals surface area contributed by atoms with E-state index in [2.05, 4.69) is 29.2 Å². The van der Waals surface area contributed by atoms with E-state index in [-0.39, 0.29) is 5.76 Å². The molecule has 1 fully saturated rings. The van der Waals surface area contributed by atoms with Gasteiger partial charge in [-0.25, -0.2) is 4.79 Å². The van der Waals surface area contributed by atoms with Crippen LogP contribution in [0, 0.1) is 0 Å². The molecule has 0 saturated carbocycles. The van der Waals surface area contributed by atoms with Crippen molar-refractivity contribution >= 4 is 5.97 Å². The fourth-order valence-electron chi connectivity index (χ4n) is 2.81. The zero-order chi connectivity index (χ0) is 14.8. The summed E-state index contributed by atoms with van der Waals surface area (Å²) in [7, 11) is 2.15. The van der Waals surface area contributed by atoms with Gasteiger partial charge in [0.2, 0.25) is 5.76 Å². The van der Waals surface area contributed by atoms with E-state index >= 15 is 0 Å². The molecule has 1 aromatic heterocycles. The topological polar surface area (TPSA) is 66.6 Å². The summed E-state index contributed by atoms with van der Waals surface area (Å²) in [6.07, 6.45) is 2.30. The second-order valence-corrected chi connectivity index (χ2v) is 5.58. The molecule has 0 atom stereocenters. The number of aromatic carboxylic acids is 1. The summed E-state index contributed by atoms with van der Waals surface area (Å²) in [5.41, 5.74) is 2.77. The molecule has 1 aromatic carbocycles. The Morgan fingerprint density at radius 1 is 1.33 bits per heavy atom. The van der Waals surface area contributed by atoms with Crippen LogP contribution in [0.4, 0.5) is 0 Å². The molecule has 0 aliphatic carbocycles. The molecule has 0 spiro atoms. The van der Waals surface area contributed by atoms with Gasteiger partial charge in [-0.2, -0.15) is 0 Å². The van der Waals surface area contributed by atoms with Gasteiger partial charge in [0.15, 0.2) is 0 Å². The van der Waals surface area contributed by atoms with E-state index in [0.717, 1.165) is 31.5 Å². The number of carboxylic acid groups (broad SMARTS) is 1. The van der Waals surface area contributed by atoms with E-state index < -0.39 is 5.97 Å².